The molecule has 1 atom stereocenters. The van der Waals surface area contributed by atoms with Crippen molar-refractivity contribution in [3.8, 4) is 5.75 Å². The van der Waals surface area contributed by atoms with Crippen LogP contribution in [0.5, 0.6) is 5.75 Å². The number of hydrogen-bond acceptors (Lipinski definition) is 5. The fourth-order valence-corrected chi connectivity index (χ4v) is 2.80. The molecule has 31 heavy (non-hydrogen) atoms. The second-order valence-corrected chi connectivity index (χ2v) is 8.18. The molecule has 0 spiro atoms. The summed E-state index contributed by atoms with van der Waals surface area (Å²) in [4.78, 5) is 35.5. The molecule has 2 aromatic carbocycles. The van der Waals surface area contributed by atoms with Crippen LogP contribution in [0.25, 0.3) is 0 Å². The third kappa shape index (κ3) is 9.33. The summed E-state index contributed by atoms with van der Waals surface area (Å²) < 4.78 is 11.0. The van der Waals surface area contributed by atoms with Crippen LogP contribution in [-0.4, -0.2) is 34.6 Å². The van der Waals surface area contributed by atoms with Gasteiger partial charge in [0.2, 0.25) is 0 Å². The molecule has 0 bridgehead atoms. The number of carbonyl (C=O) groups excluding carboxylic acids is 2. The normalized spacial score (nSPS) is 12.0. The van der Waals surface area contributed by atoms with Crippen LogP contribution in [0.15, 0.2) is 54.6 Å². The molecule has 166 valence electrons. The summed E-state index contributed by atoms with van der Waals surface area (Å²) in [5.74, 6) is -0.747. The Morgan fingerprint density at radius 3 is 2.16 bits per heavy atom. The van der Waals surface area contributed by atoms with Crippen molar-refractivity contribution in [3.63, 3.8) is 0 Å². The Bertz CT molecular complexity index is 871. The number of carbonyl (C=O) groups is 3. The Kier molecular flexibility index (Phi) is 8.61. The molecule has 2 rings (SSSR count). The maximum absolute atomic E-state index is 12.5. The van der Waals surface area contributed by atoms with Crippen molar-refractivity contribution in [2.24, 2.45) is 0 Å². The lowest BCUT2D eigenvalue weighted by molar-refractivity contribution is -0.138. The Morgan fingerprint density at radius 1 is 0.935 bits per heavy atom. The lowest BCUT2D eigenvalue weighted by atomic mass is 9.99. The second kappa shape index (κ2) is 11.2. The van der Waals surface area contributed by atoms with Crippen molar-refractivity contribution in [1.82, 2.24) is 5.32 Å². The zero-order valence-corrected chi connectivity index (χ0v) is 18.1. The van der Waals surface area contributed by atoms with Crippen LogP contribution in [-0.2, 0) is 27.4 Å². The van der Waals surface area contributed by atoms with Gasteiger partial charge in [0.25, 0.3) is 0 Å². The van der Waals surface area contributed by atoms with E-state index in [1.54, 1.807) is 32.9 Å². The average Bonchev–Trinajstić information content (AvgIpc) is 2.70. The average molecular weight is 427 g/mol. The number of hydrogen-bond donors (Lipinski definition) is 2. The van der Waals surface area contributed by atoms with Gasteiger partial charge < -0.3 is 19.9 Å². The molecule has 0 radical (unpaired) electrons. The van der Waals surface area contributed by atoms with Gasteiger partial charge in [-0.15, -0.1) is 0 Å². The smallest absolute Gasteiger partial charge is 0.408 e. The third-order valence-electron chi connectivity index (χ3n) is 4.28. The maximum atomic E-state index is 12.5. The number of ether oxygens (including phenoxy) is 2. The summed E-state index contributed by atoms with van der Waals surface area (Å²) in [7, 11) is 0. The number of nitrogens with one attached hydrogen (secondary N) is 1. The maximum Gasteiger partial charge on any atom is 0.408 e. The number of rotatable bonds is 10. The molecule has 0 aliphatic carbocycles. The molecule has 0 unspecified atom stereocenters. The van der Waals surface area contributed by atoms with Crippen molar-refractivity contribution >= 4 is 17.8 Å². The standard InChI is InChI=1S/C24H29NO6/c1-24(2,3)31-23(29)25-20(21(26)13-14-22(27)28)15-17-9-11-19(12-10-17)30-16-18-7-5-4-6-8-18/h4-12,20H,13-16H2,1-3H3,(H,25,29)(H,27,28)/t20-/m0/s1. The summed E-state index contributed by atoms with van der Waals surface area (Å²) in [6, 6.07) is 16.1. The molecule has 0 saturated heterocycles. The quantitative estimate of drug-likeness (QED) is 0.591. The molecule has 0 heterocycles. The molecule has 0 saturated carbocycles. The fourth-order valence-electron chi connectivity index (χ4n) is 2.80. The summed E-state index contributed by atoms with van der Waals surface area (Å²) in [6.45, 7) is 5.61. The SMILES string of the molecule is CC(C)(C)OC(=O)N[C@@H](Cc1ccc(OCc2ccccc2)cc1)C(=O)CCC(=O)O. The molecular formula is C24H29NO6. The van der Waals surface area contributed by atoms with Gasteiger partial charge in [-0.05, 0) is 50.5 Å². The molecular weight excluding hydrogens is 398 g/mol. The third-order valence-corrected chi connectivity index (χ3v) is 4.28. The van der Waals surface area contributed by atoms with Crippen molar-refractivity contribution < 1.29 is 29.0 Å². The Labute approximate surface area is 182 Å². The highest BCUT2D eigenvalue weighted by molar-refractivity contribution is 5.89. The first-order chi connectivity index (χ1) is 14.6. The number of carboxylic acids is 1. The number of ketones is 1. The van der Waals surface area contributed by atoms with Crippen LogP contribution < -0.4 is 10.1 Å². The van der Waals surface area contributed by atoms with Crippen molar-refractivity contribution in [2.45, 2.75) is 58.3 Å². The summed E-state index contributed by atoms with van der Waals surface area (Å²) in [6.07, 6.45) is -0.966. The molecule has 0 aromatic heterocycles. The number of benzene rings is 2. The van der Waals surface area contributed by atoms with Gasteiger partial charge in [-0.1, -0.05) is 42.5 Å². The second-order valence-electron chi connectivity index (χ2n) is 8.18. The zero-order chi connectivity index (χ0) is 22.9. The molecule has 2 aromatic rings. The van der Waals surface area contributed by atoms with E-state index in [0.717, 1.165) is 11.1 Å². The monoisotopic (exact) mass is 427 g/mol. The molecule has 1 amide bonds. The van der Waals surface area contributed by atoms with Crippen molar-refractivity contribution in [1.29, 1.82) is 0 Å². The molecule has 2 N–H and O–H groups in total. The van der Waals surface area contributed by atoms with Gasteiger partial charge in [-0.2, -0.15) is 0 Å². The van der Waals surface area contributed by atoms with Crippen LogP contribution in [0.1, 0.15) is 44.7 Å². The first-order valence-electron chi connectivity index (χ1n) is 10.1. The minimum absolute atomic E-state index is 0.173. The van der Waals surface area contributed by atoms with E-state index >= 15 is 0 Å². The van der Waals surface area contributed by atoms with Crippen molar-refractivity contribution in [3.05, 3.63) is 65.7 Å². The highest BCUT2D eigenvalue weighted by Crippen LogP contribution is 2.16. The van der Waals surface area contributed by atoms with Gasteiger partial charge in [-0.25, -0.2) is 4.79 Å². The summed E-state index contributed by atoms with van der Waals surface area (Å²) in [5, 5.41) is 11.4. The van der Waals surface area contributed by atoms with Crippen LogP contribution in [0.3, 0.4) is 0 Å². The lowest BCUT2D eigenvalue weighted by Crippen LogP contribution is -2.44. The van der Waals surface area contributed by atoms with Gasteiger partial charge in [0.15, 0.2) is 5.78 Å². The van der Waals surface area contributed by atoms with Gasteiger partial charge in [-0.3, -0.25) is 9.59 Å². The number of carboxylic acid groups (broad SMARTS) is 1. The van der Waals surface area contributed by atoms with Crippen LogP contribution >= 0.6 is 0 Å². The minimum atomic E-state index is -1.07. The molecule has 7 nitrogen and oxygen atoms in total. The van der Waals surface area contributed by atoms with E-state index < -0.39 is 23.7 Å². The zero-order valence-electron chi connectivity index (χ0n) is 18.1. The predicted molar refractivity (Wildman–Crippen MR) is 116 cm³/mol. The Balaban J connectivity index is 2.01. The Hall–Kier alpha value is -3.35. The predicted octanol–water partition coefficient (Wildman–Crippen LogP) is 4.14. The van der Waals surface area contributed by atoms with Crippen molar-refractivity contribution in [2.75, 3.05) is 0 Å². The minimum Gasteiger partial charge on any atom is -0.489 e. The number of aliphatic carboxylic acids is 1. The topological polar surface area (TPSA) is 102 Å². The first kappa shape index (κ1) is 23.9. The van der Waals surface area contributed by atoms with E-state index in [0.29, 0.717) is 12.4 Å². The van der Waals surface area contributed by atoms with E-state index in [1.807, 2.05) is 42.5 Å². The van der Waals surface area contributed by atoms with Crippen LogP contribution in [0.4, 0.5) is 4.79 Å². The van der Waals surface area contributed by atoms with E-state index in [2.05, 4.69) is 5.32 Å². The van der Waals surface area contributed by atoms with Gasteiger partial charge in [0.1, 0.15) is 18.0 Å². The summed E-state index contributed by atoms with van der Waals surface area (Å²) in [5.41, 5.74) is 1.14. The largest absolute Gasteiger partial charge is 0.489 e. The highest BCUT2D eigenvalue weighted by Gasteiger charge is 2.25. The molecule has 7 heteroatoms. The highest BCUT2D eigenvalue weighted by atomic mass is 16.6. The van der Waals surface area contributed by atoms with Crippen LogP contribution in [0.2, 0.25) is 0 Å². The number of alkyl carbamates (subject to hydrolysis) is 1. The van der Waals surface area contributed by atoms with E-state index in [9.17, 15) is 14.4 Å². The van der Waals surface area contributed by atoms with Gasteiger partial charge in [0, 0.05) is 6.42 Å². The lowest BCUT2D eigenvalue weighted by Gasteiger charge is -2.23. The van der Waals surface area contributed by atoms with E-state index in [-0.39, 0.29) is 25.0 Å². The summed E-state index contributed by atoms with van der Waals surface area (Å²) >= 11 is 0. The van der Waals surface area contributed by atoms with E-state index in [4.69, 9.17) is 14.6 Å². The number of amides is 1. The number of Topliss-reactive ketones (excluding diaryl/α,β-unsaturated/α-hetero) is 1. The molecule has 0 aliphatic heterocycles. The molecule has 0 aliphatic rings. The van der Waals surface area contributed by atoms with Gasteiger partial charge in [0.05, 0.1) is 12.5 Å². The van der Waals surface area contributed by atoms with Gasteiger partial charge >= 0.3 is 12.1 Å². The first-order valence-corrected chi connectivity index (χ1v) is 10.1. The van der Waals surface area contributed by atoms with E-state index in [1.165, 1.54) is 0 Å². The molecule has 0 fully saturated rings. The fraction of sp³-hybridized carbons (Fsp3) is 0.375. The Morgan fingerprint density at radius 2 is 1.58 bits per heavy atom. The van der Waals surface area contributed by atoms with Crippen LogP contribution in [0, 0.1) is 0 Å².